The molecule has 0 saturated carbocycles. The minimum absolute atomic E-state index is 0.0156. The van der Waals surface area contributed by atoms with Crippen molar-refractivity contribution in [3.05, 3.63) is 0 Å². The summed E-state index contributed by atoms with van der Waals surface area (Å²) in [4.78, 5) is 0. The minimum Gasteiger partial charge on any atom is -0.379 e. The Morgan fingerprint density at radius 3 is 0.409 bits per heavy atom. The molecule has 0 aromatic carbocycles. The monoisotopic (exact) mass is 639 g/mol. The zero-order chi connectivity index (χ0) is 38.6. The second-order valence-electron chi connectivity index (χ2n) is 21.8. The SMILES string of the molecule is CC(C)(C)C.CC(C)(C)C.CC(C)(C)C.CC(C)(C)C(C)(C)C.CC(C)(C)OC(C)(C)C.COC(C)(C)C.COC(C)(C)O. The van der Waals surface area contributed by atoms with Gasteiger partial charge in [0.2, 0.25) is 0 Å². The van der Waals surface area contributed by atoms with Crippen LogP contribution in [-0.2, 0) is 14.2 Å². The summed E-state index contributed by atoms with van der Waals surface area (Å²) < 4.78 is 15.1. The molecule has 0 fully saturated rings. The predicted octanol–water partition coefficient (Wildman–Crippen LogP) is 13.6. The molecule has 0 spiro atoms. The van der Waals surface area contributed by atoms with E-state index in [1.807, 2.05) is 20.8 Å². The lowest BCUT2D eigenvalue weighted by molar-refractivity contribution is -0.155. The number of aliphatic hydroxyl groups is 1. The van der Waals surface area contributed by atoms with Crippen LogP contribution in [0.4, 0.5) is 0 Å². The summed E-state index contributed by atoms with van der Waals surface area (Å²) in [5.74, 6) is -0.958. The third-order valence-corrected chi connectivity index (χ3v) is 3.97. The van der Waals surface area contributed by atoms with Crippen LogP contribution in [0.5, 0.6) is 0 Å². The first kappa shape index (κ1) is 59.3. The second-order valence-corrected chi connectivity index (χ2v) is 21.8. The van der Waals surface area contributed by atoms with Gasteiger partial charge in [-0.05, 0) is 103 Å². The third kappa shape index (κ3) is 161. The zero-order valence-electron chi connectivity index (χ0n) is 37.2. The van der Waals surface area contributed by atoms with Crippen molar-refractivity contribution in [1.82, 2.24) is 0 Å². The van der Waals surface area contributed by atoms with Gasteiger partial charge in [0.1, 0.15) is 0 Å². The maximum Gasteiger partial charge on any atom is 0.159 e. The molecular formula is C40H94O4. The summed E-state index contributed by atoms with van der Waals surface area (Å²) in [6.07, 6.45) is 0. The predicted molar refractivity (Wildman–Crippen MR) is 205 cm³/mol. The van der Waals surface area contributed by atoms with E-state index < -0.39 is 5.79 Å². The lowest BCUT2D eigenvalue weighted by atomic mass is 9.71. The maximum absolute atomic E-state index is 8.60. The average molecular weight is 639 g/mol. The van der Waals surface area contributed by atoms with Crippen molar-refractivity contribution in [3.63, 3.8) is 0 Å². The Labute approximate surface area is 283 Å². The van der Waals surface area contributed by atoms with Crippen LogP contribution in [0.25, 0.3) is 0 Å². The number of methoxy groups -OCH3 is 2. The van der Waals surface area contributed by atoms with Crippen LogP contribution in [0, 0.1) is 27.1 Å². The van der Waals surface area contributed by atoms with Gasteiger partial charge in [0, 0.05) is 14.2 Å². The summed E-state index contributed by atoms with van der Waals surface area (Å²) in [6, 6.07) is 0. The lowest BCUT2D eigenvalue weighted by Gasteiger charge is -2.34. The van der Waals surface area contributed by atoms with E-state index in [0.29, 0.717) is 27.1 Å². The Kier molecular flexibility index (Phi) is 31.3. The molecule has 0 atom stereocenters. The van der Waals surface area contributed by atoms with Crippen LogP contribution < -0.4 is 0 Å². The highest BCUT2D eigenvalue weighted by Gasteiger charge is 2.26. The standard InChI is InChI=1S/C8H18O.C8H18.C5H12O.3C5H12.C4H10O2/c1-7(2,3)9-8(4,5)6;1-7(2,3)8(4,5)6;1-5(2,3)6-4;3*1-5(2,3)4;1-4(2,5)6-3/h1-6H3;1-6H3;1-4H3;3*1-4H3;5H,1-3H3. The molecule has 0 amide bonds. The highest BCUT2D eigenvalue weighted by Crippen LogP contribution is 2.36. The topological polar surface area (TPSA) is 47.9 Å². The smallest absolute Gasteiger partial charge is 0.159 e. The van der Waals surface area contributed by atoms with Crippen LogP contribution >= 0.6 is 0 Å². The van der Waals surface area contributed by atoms with E-state index in [2.05, 4.69) is 171 Å². The van der Waals surface area contributed by atoms with Crippen LogP contribution in [0.2, 0.25) is 0 Å². The Bertz CT molecular complexity index is 514. The first-order valence-electron chi connectivity index (χ1n) is 16.6. The molecule has 4 heteroatoms. The molecule has 4 nitrogen and oxygen atoms in total. The lowest BCUT2D eigenvalue weighted by Crippen LogP contribution is -2.31. The average Bonchev–Trinajstić information content (AvgIpc) is 2.52. The van der Waals surface area contributed by atoms with Gasteiger partial charge in [-0.2, -0.15) is 0 Å². The van der Waals surface area contributed by atoms with Crippen molar-refractivity contribution in [2.24, 2.45) is 27.1 Å². The third-order valence-electron chi connectivity index (χ3n) is 3.97. The van der Waals surface area contributed by atoms with E-state index in [1.165, 1.54) is 7.11 Å². The molecule has 1 N–H and O–H groups in total. The molecule has 0 aromatic heterocycles. The molecule has 0 rings (SSSR count). The summed E-state index contributed by atoms with van der Waals surface area (Å²) in [5.41, 5.74) is 2.39. The fourth-order valence-electron chi connectivity index (χ4n) is 0.919. The van der Waals surface area contributed by atoms with E-state index >= 15 is 0 Å². The quantitative estimate of drug-likeness (QED) is 0.290. The first-order chi connectivity index (χ1) is 18.1. The van der Waals surface area contributed by atoms with Gasteiger partial charge in [0.15, 0.2) is 5.79 Å². The van der Waals surface area contributed by atoms with Crippen LogP contribution in [0.1, 0.15) is 201 Å². The van der Waals surface area contributed by atoms with Crippen molar-refractivity contribution >= 4 is 0 Å². The van der Waals surface area contributed by atoms with E-state index in [9.17, 15) is 0 Å². The van der Waals surface area contributed by atoms with E-state index in [1.54, 1.807) is 21.0 Å². The Hall–Kier alpha value is -0.160. The molecule has 0 aliphatic heterocycles. The molecule has 0 aromatic rings. The van der Waals surface area contributed by atoms with E-state index in [-0.39, 0.29) is 16.8 Å². The Morgan fingerprint density at radius 1 is 0.295 bits per heavy atom. The molecule has 0 aliphatic carbocycles. The molecule has 0 heterocycles. The second kappa shape index (κ2) is 23.2. The molecular weight excluding hydrogens is 544 g/mol. The van der Waals surface area contributed by atoms with Gasteiger partial charge in [-0.3, -0.25) is 0 Å². The first-order valence-corrected chi connectivity index (χ1v) is 16.6. The summed E-state index contributed by atoms with van der Waals surface area (Å²) >= 11 is 0. The normalized spacial score (nSPS) is 12.8. The Morgan fingerprint density at radius 2 is 0.409 bits per heavy atom. The van der Waals surface area contributed by atoms with E-state index in [0.717, 1.165) is 0 Å². The fourth-order valence-corrected chi connectivity index (χ4v) is 0.919. The number of hydrogen-bond acceptors (Lipinski definition) is 4. The Balaban J connectivity index is -0.0000000735. The molecule has 0 unspecified atom stereocenters. The van der Waals surface area contributed by atoms with Gasteiger partial charge >= 0.3 is 0 Å². The zero-order valence-corrected chi connectivity index (χ0v) is 37.2. The summed E-state index contributed by atoms with van der Waals surface area (Å²) in [5, 5.41) is 8.60. The highest BCUT2D eigenvalue weighted by molar-refractivity contribution is 4.77. The summed E-state index contributed by atoms with van der Waals surface area (Å²) in [7, 11) is 3.17. The molecule has 0 radical (unpaired) electrons. The van der Waals surface area contributed by atoms with Gasteiger partial charge in [0.25, 0.3) is 0 Å². The van der Waals surface area contributed by atoms with Gasteiger partial charge in [-0.15, -0.1) is 0 Å². The van der Waals surface area contributed by atoms with Gasteiger partial charge < -0.3 is 19.3 Å². The number of rotatable bonds is 1. The van der Waals surface area contributed by atoms with Gasteiger partial charge in [-0.25, -0.2) is 0 Å². The van der Waals surface area contributed by atoms with Crippen LogP contribution in [0.15, 0.2) is 0 Å². The molecule has 0 bridgehead atoms. The van der Waals surface area contributed by atoms with Crippen molar-refractivity contribution in [1.29, 1.82) is 0 Å². The highest BCUT2D eigenvalue weighted by atomic mass is 16.6. The maximum atomic E-state index is 8.60. The van der Waals surface area contributed by atoms with Crippen molar-refractivity contribution in [2.75, 3.05) is 14.2 Å². The van der Waals surface area contributed by atoms with Crippen LogP contribution in [-0.4, -0.2) is 41.9 Å². The van der Waals surface area contributed by atoms with Crippen molar-refractivity contribution in [2.45, 2.75) is 223 Å². The summed E-state index contributed by atoms with van der Waals surface area (Å²) in [6.45, 7) is 61.5. The number of ether oxygens (including phenoxy) is 3. The molecule has 0 aliphatic rings. The molecule has 44 heavy (non-hydrogen) atoms. The molecule has 0 saturated heterocycles. The van der Waals surface area contributed by atoms with Gasteiger partial charge in [0.05, 0.1) is 16.8 Å². The van der Waals surface area contributed by atoms with E-state index in [4.69, 9.17) is 14.6 Å². The van der Waals surface area contributed by atoms with Gasteiger partial charge in [-0.1, -0.05) is 125 Å². The van der Waals surface area contributed by atoms with Crippen molar-refractivity contribution < 1.29 is 19.3 Å². The molecule has 278 valence electrons. The fraction of sp³-hybridized carbons (Fsp3) is 1.00. The minimum atomic E-state index is -0.958. The number of hydrogen-bond donors (Lipinski definition) is 1. The van der Waals surface area contributed by atoms with Crippen molar-refractivity contribution in [3.8, 4) is 0 Å². The largest absolute Gasteiger partial charge is 0.379 e. The van der Waals surface area contributed by atoms with Crippen LogP contribution in [0.3, 0.4) is 0 Å².